The highest BCUT2D eigenvalue weighted by Crippen LogP contribution is 2.45. The van der Waals surface area contributed by atoms with Crippen molar-refractivity contribution in [3.05, 3.63) is 191 Å². The molecule has 0 fully saturated rings. The predicted octanol–water partition coefficient (Wildman–Crippen LogP) is 18.2. The smallest absolute Gasteiger partial charge is 0.178 e. The van der Waals surface area contributed by atoms with Gasteiger partial charge in [0.1, 0.15) is 11.2 Å². The van der Waals surface area contributed by atoms with Crippen molar-refractivity contribution in [2.24, 2.45) is 0 Å². The summed E-state index contributed by atoms with van der Waals surface area (Å²) in [5.74, 6) is 0.932. The molecule has 0 atom stereocenters. The largest absolute Gasteiger partial charge is 0.451 e. The number of hydrogen-bond acceptors (Lipinski definition) is 4. The fourth-order valence-corrected chi connectivity index (χ4v) is 9.96. The molecule has 11 rings (SSSR count). The molecular weight excluding hydrogens is 781 g/mol. The van der Waals surface area contributed by atoms with Crippen LogP contribution in [0, 0.1) is 27.7 Å². The third kappa shape index (κ3) is 6.68. The highest BCUT2D eigenvalue weighted by Gasteiger charge is 2.21. The van der Waals surface area contributed by atoms with Gasteiger partial charge in [0.05, 0.1) is 0 Å². The minimum Gasteiger partial charge on any atom is -0.451 e. The summed E-state index contributed by atoms with van der Waals surface area (Å²) in [6.07, 6.45) is 0. The molecule has 0 saturated heterocycles. The molecule has 0 saturated carbocycles. The van der Waals surface area contributed by atoms with Gasteiger partial charge in [0.15, 0.2) is 11.2 Å². The molecule has 4 nitrogen and oxygen atoms in total. The van der Waals surface area contributed by atoms with Gasteiger partial charge in [-0.1, -0.05) is 76.2 Å². The highest BCUT2D eigenvalue weighted by molar-refractivity contribution is 6.24. The Labute approximate surface area is 375 Å². The van der Waals surface area contributed by atoms with E-state index < -0.39 is 0 Å². The first-order chi connectivity index (χ1) is 31.0. The van der Waals surface area contributed by atoms with Crippen LogP contribution in [0.1, 0.15) is 72.9 Å². The van der Waals surface area contributed by atoms with E-state index in [0.29, 0.717) is 11.8 Å². The van der Waals surface area contributed by atoms with Gasteiger partial charge in [0.25, 0.3) is 0 Å². The quantitative estimate of drug-likeness (QED) is 0.153. The second-order valence-corrected chi connectivity index (χ2v) is 18.6. The lowest BCUT2D eigenvalue weighted by molar-refractivity contribution is 0.637. The number of hydrogen-bond donors (Lipinski definition) is 0. The molecule has 9 aromatic carbocycles. The zero-order valence-electron chi connectivity index (χ0n) is 37.9. The summed E-state index contributed by atoms with van der Waals surface area (Å²) in [7, 11) is 0. The topological polar surface area (TPSA) is 32.8 Å². The van der Waals surface area contributed by atoms with Gasteiger partial charge in [-0.3, -0.25) is 0 Å². The molecule has 2 aromatic heterocycles. The number of fused-ring (bicyclic) bond motifs is 11. The van der Waals surface area contributed by atoms with Crippen molar-refractivity contribution in [2.75, 3.05) is 9.80 Å². The van der Waals surface area contributed by atoms with Crippen LogP contribution in [0.15, 0.2) is 167 Å². The Morgan fingerprint density at radius 2 is 0.609 bits per heavy atom. The Bertz CT molecular complexity index is 3330. The summed E-state index contributed by atoms with van der Waals surface area (Å²) >= 11 is 0. The third-order valence-corrected chi connectivity index (χ3v) is 13.1. The van der Waals surface area contributed by atoms with Crippen molar-refractivity contribution in [3.8, 4) is 0 Å². The Morgan fingerprint density at radius 1 is 0.297 bits per heavy atom. The number of nitrogens with zero attached hydrogens (tertiary/aromatic N) is 2. The average molecular weight is 833 g/mol. The molecule has 4 heteroatoms. The first-order valence-corrected chi connectivity index (χ1v) is 22.6. The normalized spacial score (nSPS) is 12.0. The lowest BCUT2D eigenvalue weighted by atomic mass is 10.0. The van der Waals surface area contributed by atoms with Crippen molar-refractivity contribution in [3.63, 3.8) is 0 Å². The van der Waals surface area contributed by atoms with Crippen LogP contribution in [0.5, 0.6) is 0 Å². The molecule has 0 aliphatic heterocycles. The first kappa shape index (κ1) is 39.5. The van der Waals surface area contributed by atoms with Crippen molar-refractivity contribution in [1.29, 1.82) is 0 Å². The summed E-state index contributed by atoms with van der Waals surface area (Å²) in [6, 6.07) is 58.2. The number of aryl methyl sites for hydroxylation is 4. The van der Waals surface area contributed by atoms with Crippen LogP contribution >= 0.6 is 0 Å². The molecule has 0 unspecified atom stereocenters. The van der Waals surface area contributed by atoms with Crippen molar-refractivity contribution in [1.82, 2.24) is 0 Å². The Morgan fingerprint density at radius 3 is 0.969 bits per heavy atom. The fraction of sp³-hybridized carbons (Fsp3) is 0.167. The van der Waals surface area contributed by atoms with E-state index in [1.165, 1.54) is 33.4 Å². The monoisotopic (exact) mass is 832 g/mol. The number of furan rings is 2. The molecule has 0 aliphatic carbocycles. The minimum atomic E-state index is 0.466. The van der Waals surface area contributed by atoms with E-state index in [0.717, 1.165) is 99.5 Å². The van der Waals surface area contributed by atoms with Crippen LogP contribution < -0.4 is 9.80 Å². The van der Waals surface area contributed by atoms with Crippen LogP contribution in [0.25, 0.3) is 65.4 Å². The highest BCUT2D eigenvalue weighted by atomic mass is 16.4. The Kier molecular flexibility index (Phi) is 9.39. The lowest BCUT2D eigenvalue weighted by Crippen LogP contribution is -2.10. The summed E-state index contributed by atoms with van der Waals surface area (Å²) in [6.45, 7) is 17.6. The van der Waals surface area contributed by atoms with E-state index in [1.54, 1.807) is 0 Å². The molecule has 0 N–H and O–H groups in total. The minimum absolute atomic E-state index is 0.466. The van der Waals surface area contributed by atoms with E-state index >= 15 is 0 Å². The second kappa shape index (κ2) is 15.2. The van der Waals surface area contributed by atoms with Gasteiger partial charge in [0, 0.05) is 66.4 Å². The number of anilines is 6. The van der Waals surface area contributed by atoms with E-state index in [1.807, 2.05) is 0 Å². The van der Waals surface area contributed by atoms with Gasteiger partial charge in [-0.15, -0.1) is 0 Å². The van der Waals surface area contributed by atoms with E-state index in [9.17, 15) is 0 Å². The van der Waals surface area contributed by atoms with Crippen molar-refractivity contribution < 1.29 is 8.83 Å². The molecule has 0 spiro atoms. The number of benzene rings is 9. The zero-order valence-corrected chi connectivity index (χ0v) is 37.9. The van der Waals surface area contributed by atoms with E-state index in [-0.39, 0.29) is 0 Å². The summed E-state index contributed by atoms with van der Waals surface area (Å²) < 4.78 is 13.9. The van der Waals surface area contributed by atoms with E-state index in [4.69, 9.17) is 8.83 Å². The maximum atomic E-state index is 6.93. The SMILES string of the molecule is Cc1cc(C)cc(N(c2ccc(C(C)C)cc2)c2ccc3c(ccc4c5ccc6c7ccc8cc(N(c9ccc(C(C)C)cc9)c9cc(C)cc(C)c9)ccc8c7oc6c5oc34)c2)c1. The maximum Gasteiger partial charge on any atom is 0.178 e. The Balaban J connectivity index is 1.02. The van der Waals surface area contributed by atoms with Gasteiger partial charge < -0.3 is 18.6 Å². The van der Waals surface area contributed by atoms with Crippen LogP contribution in [0.3, 0.4) is 0 Å². The molecule has 0 amide bonds. The molecule has 2 heterocycles. The maximum absolute atomic E-state index is 6.93. The average Bonchev–Trinajstić information content (AvgIpc) is 3.85. The number of rotatable bonds is 8. The zero-order chi connectivity index (χ0) is 44.0. The second-order valence-electron chi connectivity index (χ2n) is 18.6. The molecule has 0 radical (unpaired) electrons. The molecule has 314 valence electrons. The summed E-state index contributed by atoms with van der Waals surface area (Å²) in [5, 5.41) is 8.63. The standard InChI is InChI=1S/C60H52N2O2/c1-35(2)41-9-15-45(16-10-41)61(49-29-37(5)27-38(6)30-49)47-19-23-51-43(33-47)13-21-53-55-25-26-56-54-22-14-44-34-48(20-24-52(44)58(54)64-60(56)59(55)63-57(51)53)62(50-31-39(7)28-40(8)32-50)46-17-11-42(12-18-46)36(3)4/h9-36H,1-8H3. The van der Waals surface area contributed by atoms with Crippen LogP contribution in [-0.4, -0.2) is 0 Å². The first-order valence-electron chi connectivity index (χ1n) is 22.6. The third-order valence-electron chi connectivity index (χ3n) is 13.1. The molecule has 0 aliphatic rings. The van der Waals surface area contributed by atoms with E-state index in [2.05, 4.69) is 223 Å². The Hall–Kier alpha value is -7.30. The molecular formula is C60H52N2O2. The van der Waals surface area contributed by atoms with Crippen LogP contribution in [-0.2, 0) is 0 Å². The van der Waals surface area contributed by atoms with Gasteiger partial charge >= 0.3 is 0 Å². The van der Waals surface area contributed by atoms with Gasteiger partial charge in [-0.05, 0) is 193 Å². The van der Waals surface area contributed by atoms with Crippen molar-refractivity contribution >= 4 is 99.5 Å². The fourth-order valence-electron chi connectivity index (χ4n) is 9.96. The molecule has 64 heavy (non-hydrogen) atoms. The van der Waals surface area contributed by atoms with Gasteiger partial charge in [-0.25, -0.2) is 0 Å². The summed E-state index contributed by atoms with van der Waals surface area (Å²) in [5.41, 5.74) is 17.6. The predicted molar refractivity (Wildman–Crippen MR) is 273 cm³/mol. The van der Waals surface area contributed by atoms with Gasteiger partial charge in [0.2, 0.25) is 0 Å². The molecule has 0 bridgehead atoms. The lowest BCUT2D eigenvalue weighted by Gasteiger charge is -2.27. The van der Waals surface area contributed by atoms with Crippen LogP contribution in [0.4, 0.5) is 34.1 Å². The van der Waals surface area contributed by atoms with Crippen LogP contribution in [0.2, 0.25) is 0 Å². The molecule has 11 aromatic rings. The summed E-state index contributed by atoms with van der Waals surface area (Å²) in [4.78, 5) is 4.73. The van der Waals surface area contributed by atoms with Crippen molar-refractivity contribution in [2.45, 2.75) is 67.2 Å². The van der Waals surface area contributed by atoms with Gasteiger partial charge in [-0.2, -0.15) is 0 Å².